The lowest BCUT2D eigenvalue weighted by atomic mass is 10.0. The number of carbonyl (C=O) groups excluding carboxylic acids is 2. The van der Waals surface area contributed by atoms with Gasteiger partial charge in [0.2, 0.25) is 0 Å². The lowest BCUT2D eigenvalue weighted by Gasteiger charge is -2.19. The molecule has 2 heterocycles. The molecular formula is C21H23ClN4O3. The molecular weight excluding hydrogens is 392 g/mol. The van der Waals surface area contributed by atoms with E-state index in [0.717, 1.165) is 5.56 Å². The van der Waals surface area contributed by atoms with Crippen molar-refractivity contribution in [1.82, 2.24) is 19.9 Å². The molecule has 1 amide bonds. The molecule has 2 aromatic heterocycles. The first-order valence-electron chi connectivity index (χ1n) is 9.20. The number of esters is 1. The monoisotopic (exact) mass is 414 g/mol. The molecule has 7 nitrogen and oxygen atoms in total. The van der Waals surface area contributed by atoms with E-state index in [2.05, 4.69) is 15.3 Å². The van der Waals surface area contributed by atoms with Gasteiger partial charge in [-0.15, -0.1) is 0 Å². The molecule has 3 aromatic rings. The van der Waals surface area contributed by atoms with Crippen LogP contribution in [0.4, 0.5) is 0 Å². The van der Waals surface area contributed by atoms with E-state index in [0.29, 0.717) is 39.8 Å². The first-order chi connectivity index (χ1) is 13.9. The summed E-state index contributed by atoms with van der Waals surface area (Å²) in [4.78, 5) is 32.8. The van der Waals surface area contributed by atoms with Gasteiger partial charge >= 0.3 is 5.97 Å². The van der Waals surface area contributed by atoms with Crippen molar-refractivity contribution >= 4 is 23.5 Å². The van der Waals surface area contributed by atoms with Crippen molar-refractivity contribution in [2.75, 3.05) is 7.11 Å². The summed E-state index contributed by atoms with van der Waals surface area (Å²) in [5.74, 6) is -0.128. The first-order valence-corrected chi connectivity index (χ1v) is 9.58. The number of aromatic amines is 1. The lowest BCUT2D eigenvalue weighted by molar-refractivity contribution is 0.0599. The average Bonchev–Trinajstić information content (AvgIpc) is 3.29. The summed E-state index contributed by atoms with van der Waals surface area (Å²) in [6.07, 6.45) is 4.06. The molecule has 0 aliphatic heterocycles. The first kappa shape index (κ1) is 20.7. The van der Waals surface area contributed by atoms with E-state index in [1.807, 2.05) is 36.9 Å². The Labute approximate surface area is 174 Å². The fraction of sp³-hybridized carbons (Fsp3) is 0.286. The van der Waals surface area contributed by atoms with Crippen LogP contribution < -0.4 is 5.32 Å². The molecule has 0 fully saturated rings. The Morgan fingerprint density at radius 2 is 2.00 bits per heavy atom. The zero-order valence-corrected chi connectivity index (χ0v) is 17.5. The number of carbonyl (C=O) groups is 2. The summed E-state index contributed by atoms with van der Waals surface area (Å²) < 4.78 is 6.72. The predicted octanol–water partition coefficient (Wildman–Crippen LogP) is 3.58. The summed E-state index contributed by atoms with van der Waals surface area (Å²) in [6, 6.07) is 6.74. The number of benzene rings is 1. The molecule has 0 radical (unpaired) electrons. The highest BCUT2D eigenvalue weighted by Crippen LogP contribution is 2.25. The number of aromatic nitrogens is 3. The Balaban J connectivity index is 2.00. The fourth-order valence-electron chi connectivity index (χ4n) is 3.34. The van der Waals surface area contributed by atoms with E-state index in [1.54, 1.807) is 25.3 Å². The van der Waals surface area contributed by atoms with E-state index >= 15 is 0 Å². The number of nitrogens with zero attached hydrogens (tertiary/aromatic N) is 2. The van der Waals surface area contributed by atoms with Crippen molar-refractivity contribution in [3.63, 3.8) is 0 Å². The average molecular weight is 415 g/mol. The molecule has 3 rings (SSSR count). The van der Waals surface area contributed by atoms with E-state index in [1.165, 1.54) is 7.11 Å². The second-order valence-electron chi connectivity index (χ2n) is 6.68. The number of rotatable bonds is 6. The van der Waals surface area contributed by atoms with Gasteiger partial charge in [-0.25, -0.2) is 9.78 Å². The highest BCUT2D eigenvalue weighted by Gasteiger charge is 2.27. The zero-order chi connectivity index (χ0) is 21.1. The third-order valence-corrected chi connectivity index (χ3v) is 5.15. The van der Waals surface area contributed by atoms with E-state index in [9.17, 15) is 9.59 Å². The number of amides is 1. The van der Waals surface area contributed by atoms with Crippen molar-refractivity contribution in [2.24, 2.45) is 7.05 Å². The molecule has 8 heteroatoms. The van der Waals surface area contributed by atoms with Crippen LogP contribution in [-0.2, 0) is 18.2 Å². The standard InChI is InChI=1S/C21H23ClN4O3/c1-5-15-16(21(28)29-4)12(2)17(24-15)20(27)25-18(19-23-10-11-26(19)3)13-6-8-14(22)9-7-13/h6-11,18,24H,5H2,1-4H3,(H,25,27)/t18-/m1/s1. The molecule has 0 unspecified atom stereocenters. The highest BCUT2D eigenvalue weighted by molar-refractivity contribution is 6.30. The van der Waals surface area contributed by atoms with Crippen molar-refractivity contribution in [2.45, 2.75) is 26.3 Å². The second-order valence-corrected chi connectivity index (χ2v) is 7.11. The van der Waals surface area contributed by atoms with Crippen LogP contribution >= 0.6 is 11.6 Å². The SMILES string of the molecule is CCc1[nH]c(C(=O)N[C@H](c2ccc(Cl)cc2)c2nccn2C)c(C)c1C(=O)OC. The van der Waals surface area contributed by atoms with Crippen LogP contribution in [0.1, 0.15) is 56.5 Å². The minimum atomic E-state index is -0.492. The highest BCUT2D eigenvalue weighted by atomic mass is 35.5. The number of methoxy groups -OCH3 is 1. The summed E-state index contributed by atoms with van der Waals surface area (Å²) in [7, 11) is 3.19. The molecule has 0 bridgehead atoms. The normalized spacial score (nSPS) is 11.9. The molecule has 0 saturated heterocycles. The summed E-state index contributed by atoms with van der Waals surface area (Å²) in [5.41, 5.74) is 2.79. The molecule has 152 valence electrons. The zero-order valence-electron chi connectivity index (χ0n) is 16.7. The van der Waals surface area contributed by atoms with Crippen LogP contribution in [0.3, 0.4) is 0 Å². The molecule has 0 saturated carbocycles. The smallest absolute Gasteiger partial charge is 0.339 e. The maximum absolute atomic E-state index is 13.2. The Hall–Kier alpha value is -3.06. The van der Waals surface area contributed by atoms with E-state index < -0.39 is 12.0 Å². The van der Waals surface area contributed by atoms with Gasteiger partial charge in [-0.2, -0.15) is 0 Å². The van der Waals surface area contributed by atoms with Gasteiger partial charge in [0.15, 0.2) is 0 Å². The molecule has 1 aromatic carbocycles. The quantitative estimate of drug-likeness (QED) is 0.603. The van der Waals surface area contributed by atoms with Crippen molar-refractivity contribution in [3.05, 3.63) is 75.6 Å². The summed E-state index contributed by atoms with van der Waals surface area (Å²) in [5, 5.41) is 3.63. The van der Waals surface area contributed by atoms with E-state index in [-0.39, 0.29) is 5.91 Å². The van der Waals surface area contributed by atoms with Gasteiger partial charge in [-0.3, -0.25) is 4.79 Å². The van der Waals surface area contributed by atoms with Crippen LogP contribution in [0.5, 0.6) is 0 Å². The number of aryl methyl sites for hydroxylation is 2. The largest absolute Gasteiger partial charge is 0.465 e. The number of hydrogen-bond acceptors (Lipinski definition) is 4. The molecule has 2 N–H and O–H groups in total. The summed E-state index contributed by atoms with van der Waals surface area (Å²) in [6.45, 7) is 3.64. The van der Waals surface area contributed by atoms with Crippen LogP contribution in [0, 0.1) is 6.92 Å². The Morgan fingerprint density at radius 3 is 2.55 bits per heavy atom. The minimum absolute atomic E-state index is 0.329. The number of ether oxygens (including phenoxy) is 1. The van der Waals surface area contributed by atoms with Gasteiger partial charge in [0.25, 0.3) is 5.91 Å². The maximum Gasteiger partial charge on any atom is 0.339 e. The van der Waals surface area contributed by atoms with Gasteiger partial charge in [0, 0.05) is 30.2 Å². The molecule has 0 aliphatic carbocycles. The van der Waals surface area contributed by atoms with Crippen molar-refractivity contribution in [1.29, 1.82) is 0 Å². The van der Waals surface area contributed by atoms with Crippen LogP contribution in [0.2, 0.25) is 5.02 Å². The predicted molar refractivity (Wildman–Crippen MR) is 110 cm³/mol. The van der Waals surface area contributed by atoms with Crippen LogP contribution in [0.15, 0.2) is 36.7 Å². The van der Waals surface area contributed by atoms with Gasteiger partial charge in [-0.05, 0) is 36.6 Å². The number of nitrogens with one attached hydrogen (secondary N) is 2. The maximum atomic E-state index is 13.2. The third kappa shape index (κ3) is 4.05. The van der Waals surface area contributed by atoms with Crippen LogP contribution in [0.25, 0.3) is 0 Å². The van der Waals surface area contributed by atoms with E-state index in [4.69, 9.17) is 16.3 Å². The van der Waals surface area contributed by atoms with Crippen LogP contribution in [-0.4, -0.2) is 33.5 Å². The number of hydrogen-bond donors (Lipinski definition) is 2. The molecule has 29 heavy (non-hydrogen) atoms. The topological polar surface area (TPSA) is 89.0 Å². The molecule has 1 atom stereocenters. The Morgan fingerprint density at radius 1 is 1.31 bits per heavy atom. The number of halogens is 1. The Bertz CT molecular complexity index is 1040. The number of H-pyrrole nitrogens is 1. The minimum Gasteiger partial charge on any atom is -0.465 e. The Kier molecular flexibility index (Phi) is 6.08. The van der Waals surface area contributed by atoms with Gasteiger partial charge < -0.3 is 19.6 Å². The third-order valence-electron chi connectivity index (χ3n) is 4.89. The van der Waals surface area contributed by atoms with Gasteiger partial charge in [-0.1, -0.05) is 30.7 Å². The van der Waals surface area contributed by atoms with Crippen molar-refractivity contribution < 1.29 is 14.3 Å². The summed E-state index contributed by atoms with van der Waals surface area (Å²) >= 11 is 6.02. The second kappa shape index (κ2) is 8.53. The fourth-order valence-corrected chi connectivity index (χ4v) is 3.47. The number of imidazole rings is 1. The molecule has 0 aliphatic rings. The van der Waals surface area contributed by atoms with Gasteiger partial charge in [0.05, 0.1) is 12.7 Å². The molecule has 0 spiro atoms. The van der Waals surface area contributed by atoms with Crippen molar-refractivity contribution in [3.8, 4) is 0 Å². The lowest BCUT2D eigenvalue weighted by Crippen LogP contribution is -2.31. The van der Waals surface area contributed by atoms with Gasteiger partial charge in [0.1, 0.15) is 17.6 Å².